The summed E-state index contributed by atoms with van der Waals surface area (Å²) in [6, 6.07) is 37.5. The molecule has 1 amide bonds. The second-order valence-corrected chi connectivity index (χ2v) is 14.5. The average Bonchev–Trinajstić information content (AvgIpc) is 3.11. The predicted octanol–water partition coefficient (Wildman–Crippen LogP) is 6.59. The Hall–Kier alpha value is -4.05. The Morgan fingerprint density at radius 2 is 1.67 bits per heavy atom. The van der Waals surface area contributed by atoms with E-state index in [1.165, 1.54) is 23.5 Å². The van der Waals surface area contributed by atoms with Gasteiger partial charge >= 0.3 is 0 Å². The predicted molar refractivity (Wildman–Crippen MR) is 186 cm³/mol. The summed E-state index contributed by atoms with van der Waals surface area (Å²) < 4.78 is 5.63. The zero-order chi connectivity index (χ0) is 30.8. The maximum atomic E-state index is 14.7. The number of hydrogen-bond donors (Lipinski definition) is 1. The minimum atomic E-state index is -0.939. The summed E-state index contributed by atoms with van der Waals surface area (Å²) in [4.78, 5) is 22.0. The molecule has 0 aliphatic carbocycles. The van der Waals surface area contributed by atoms with Crippen molar-refractivity contribution < 1.29 is 9.53 Å². The molecule has 3 aliphatic heterocycles. The lowest BCUT2D eigenvalue weighted by Gasteiger charge is -2.52. The number of benzene rings is 4. The van der Waals surface area contributed by atoms with Gasteiger partial charge in [-0.3, -0.25) is 14.7 Å². The first-order valence-electron chi connectivity index (χ1n) is 16.1. The molecule has 0 radical (unpaired) electrons. The van der Waals surface area contributed by atoms with Gasteiger partial charge in [0.2, 0.25) is 0 Å². The number of ether oxygens (including phenoxy) is 1. The summed E-state index contributed by atoms with van der Waals surface area (Å²) in [6.45, 7) is 4.49. The van der Waals surface area contributed by atoms with Crippen LogP contribution in [-0.2, 0) is 0 Å². The van der Waals surface area contributed by atoms with Crippen LogP contribution in [0.2, 0.25) is 0 Å². The van der Waals surface area contributed by atoms with Crippen molar-refractivity contribution >= 4 is 40.6 Å². The number of carbonyl (C=O) groups excluding carboxylic acids is 1. The third-order valence-electron chi connectivity index (χ3n) is 9.87. The van der Waals surface area contributed by atoms with E-state index in [2.05, 4.69) is 107 Å². The Morgan fingerprint density at radius 3 is 2.33 bits per heavy atom. The van der Waals surface area contributed by atoms with E-state index in [-0.39, 0.29) is 18.0 Å². The number of amides is 1. The van der Waals surface area contributed by atoms with Gasteiger partial charge in [0.1, 0.15) is 5.75 Å². The first kappa shape index (κ1) is 29.6. The minimum Gasteiger partial charge on any atom is -0.497 e. The molecule has 5 nitrogen and oxygen atoms in total. The van der Waals surface area contributed by atoms with Crippen LogP contribution in [-0.4, -0.2) is 42.0 Å². The molecule has 3 fully saturated rings. The molecule has 3 aliphatic rings. The average molecular weight is 614 g/mol. The first-order valence-corrected chi connectivity index (χ1v) is 17.5. The van der Waals surface area contributed by atoms with E-state index in [1.807, 2.05) is 30.5 Å². The Balaban J connectivity index is 1.32. The lowest BCUT2D eigenvalue weighted by molar-refractivity contribution is -0.0152. The number of aromatic nitrogens is 1. The smallest absolute Gasteiger partial charge is 0.252 e. The molecular formula is C39H40N3O2P. The molecule has 3 saturated heterocycles. The normalized spacial score (nSPS) is 21.5. The molecule has 1 unspecified atom stereocenters. The van der Waals surface area contributed by atoms with Gasteiger partial charge in [-0.1, -0.05) is 92.2 Å². The number of nitrogens with zero attached hydrogens (tertiary/aromatic N) is 2. The van der Waals surface area contributed by atoms with Gasteiger partial charge < -0.3 is 10.1 Å². The molecule has 5 atom stereocenters. The van der Waals surface area contributed by atoms with Crippen LogP contribution in [0.25, 0.3) is 10.9 Å². The fourth-order valence-electron chi connectivity index (χ4n) is 7.58. The van der Waals surface area contributed by atoms with Crippen molar-refractivity contribution in [2.24, 2.45) is 11.8 Å². The van der Waals surface area contributed by atoms with Gasteiger partial charge in [-0.25, -0.2) is 0 Å². The van der Waals surface area contributed by atoms with Crippen LogP contribution < -0.4 is 26.0 Å². The largest absolute Gasteiger partial charge is 0.497 e. The monoisotopic (exact) mass is 613 g/mol. The Labute approximate surface area is 267 Å². The highest BCUT2D eigenvalue weighted by molar-refractivity contribution is 7.80. The summed E-state index contributed by atoms with van der Waals surface area (Å²) >= 11 is 0. The molecule has 45 heavy (non-hydrogen) atoms. The standard InChI is InChI=1S/C39H40N3O2P/c1-3-27-26-42-23-21-28(27)24-36(42)38(32-20-22-40-35-19-18-29(44-2)25-34(32)35)41-39(43)33-16-10-11-17-37(33)45(30-12-6-4-7-13-30)31-14-8-5-9-15-31/h4-20,22,25,27-28,36,38H,3,21,23-24,26H2,1-2H3,(H,41,43)/t27-,28+,36+,38+/m0/s1. The van der Waals surface area contributed by atoms with Gasteiger partial charge in [0.05, 0.1) is 18.7 Å². The zero-order valence-corrected chi connectivity index (χ0v) is 26.9. The van der Waals surface area contributed by atoms with Crippen molar-refractivity contribution in [1.29, 1.82) is 0 Å². The molecule has 228 valence electrons. The summed E-state index contributed by atoms with van der Waals surface area (Å²) in [7, 11) is 0.757. The molecular weight excluding hydrogens is 573 g/mol. The maximum absolute atomic E-state index is 14.7. The number of nitrogens with one attached hydrogen (secondary N) is 1. The molecule has 2 bridgehead atoms. The Bertz CT molecular complexity index is 1740. The number of rotatable bonds is 9. The Morgan fingerprint density at radius 1 is 0.956 bits per heavy atom. The van der Waals surface area contributed by atoms with Crippen LogP contribution in [0.1, 0.15) is 48.1 Å². The van der Waals surface area contributed by atoms with Crippen molar-refractivity contribution in [1.82, 2.24) is 15.2 Å². The Kier molecular flexibility index (Phi) is 8.65. The summed E-state index contributed by atoms with van der Waals surface area (Å²) in [6.07, 6.45) is 5.41. The summed E-state index contributed by atoms with van der Waals surface area (Å²) in [5.74, 6) is 2.17. The maximum Gasteiger partial charge on any atom is 0.252 e. The molecule has 0 spiro atoms. The molecule has 6 heteroatoms. The van der Waals surface area contributed by atoms with E-state index in [4.69, 9.17) is 4.74 Å². The van der Waals surface area contributed by atoms with E-state index >= 15 is 0 Å². The number of piperidine rings is 3. The van der Waals surface area contributed by atoms with Crippen LogP contribution >= 0.6 is 7.92 Å². The van der Waals surface area contributed by atoms with Crippen LogP contribution in [0.15, 0.2) is 115 Å². The number of carbonyl (C=O) groups is 1. The fourth-order valence-corrected chi connectivity index (χ4v) is 10.0. The second-order valence-electron chi connectivity index (χ2n) is 12.3. The van der Waals surface area contributed by atoms with E-state index in [1.54, 1.807) is 7.11 Å². The quantitative estimate of drug-likeness (QED) is 0.191. The van der Waals surface area contributed by atoms with Crippen LogP contribution in [0.5, 0.6) is 5.75 Å². The van der Waals surface area contributed by atoms with E-state index in [0.29, 0.717) is 5.92 Å². The van der Waals surface area contributed by atoms with Crippen molar-refractivity contribution in [3.63, 3.8) is 0 Å². The van der Waals surface area contributed by atoms with Gasteiger partial charge in [-0.05, 0) is 91.0 Å². The van der Waals surface area contributed by atoms with Gasteiger partial charge in [0, 0.05) is 29.7 Å². The SMILES string of the molecule is CC[C@H]1CN2CC[C@@H]1C[C@@H]2[C@H](NC(=O)c1ccccc1P(c1ccccc1)c1ccccc1)c1ccnc2ccc(OC)cc12. The van der Waals surface area contributed by atoms with Crippen LogP contribution in [0.3, 0.4) is 0 Å². The lowest BCUT2D eigenvalue weighted by atomic mass is 9.72. The van der Waals surface area contributed by atoms with Gasteiger partial charge in [-0.15, -0.1) is 0 Å². The van der Waals surface area contributed by atoms with Crippen molar-refractivity contribution in [2.45, 2.75) is 38.3 Å². The minimum absolute atomic E-state index is 0.0301. The number of fused-ring (bicyclic) bond motifs is 4. The molecule has 5 aromatic rings. The third-order valence-corrected chi connectivity index (χ3v) is 12.4. The fraction of sp³-hybridized carbons (Fsp3) is 0.282. The summed E-state index contributed by atoms with van der Waals surface area (Å²) in [5.41, 5.74) is 2.75. The molecule has 4 aromatic carbocycles. The van der Waals surface area contributed by atoms with Gasteiger partial charge in [-0.2, -0.15) is 0 Å². The molecule has 1 N–H and O–H groups in total. The number of methoxy groups -OCH3 is 1. The molecule has 4 heterocycles. The zero-order valence-electron chi connectivity index (χ0n) is 26.0. The van der Waals surface area contributed by atoms with E-state index in [9.17, 15) is 4.79 Å². The van der Waals surface area contributed by atoms with Gasteiger partial charge in [0.15, 0.2) is 0 Å². The van der Waals surface area contributed by atoms with Crippen molar-refractivity contribution in [2.75, 3.05) is 20.2 Å². The molecule has 8 rings (SSSR count). The molecule has 0 saturated carbocycles. The summed E-state index contributed by atoms with van der Waals surface area (Å²) in [5, 5.41) is 8.18. The van der Waals surface area contributed by atoms with Crippen LogP contribution in [0.4, 0.5) is 0 Å². The molecule has 1 aromatic heterocycles. The van der Waals surface area contributed by atoms with E-state index < -0.39 is 7.92 Å². The highest BCUT2D eigenvalue weighted by Gasteiger charge is 2.43. The van der Waals surface area contributed by atoms with Crippen molar-refractivity contribution in [3.8, 4) is 5.75 Å². The highest BCUT2D eigenvalue weighted by atomic mass is 31.1. The first-order chi connectivity index (χ1) is 22.1. The van der Waals surface area contributed by atoms with Crippen LogP contribution in [0, 0.1) is 11.8 Å². The van der Waals surface area contributed by atoms with E-state index in [0.717, 1.165) is 58.5 Å². The van der Waals surface area contributed by atoms with Gasteiger partial charge in [0.25, 0.3) is 5.91 Å². The lowest BCUT2D eigenvalue weighted by Crippen LogP contribution is -2.57. The third kappa shape index (κ3) is 5.88. The topological polar surface area (TPSA) is 54.5 Å². The second kappa shape index (κ2) is 13.1. The highest BCUT2D eigenvalue weighted by Crippen LogP contribution is 2.43. The van der Waals surface area contributed by atoms with Crippen molar-refractivity contribution in [3.05, 3.63) is 127 Å². The number of pyridine rings is 1. The number of hydrogen-bond acceptors (Lipinski definition) is 4.